The van der Waals surface area contributed by atoms with Crippen LogP contribution in [-0.2, 0) is 11.8 Å². The first-order valence-corrected chi connectivity index (χ1v) is 8.27. The van der Waals surface area contributed by atoms with Gasteiger partial charge in [-0.3, -0.25) is 25.2 Å². The van der Waals surface area contributed by atoms with E-state index in [0.29, 0.717) is 5.75 Å². The van der Waals surface area contributed by atoms with E-state index in [2.05, 4.69) is 10.9 Å². The maximum Gasteiger partial charge on any atom is 0.276 e. The molecule has 0 radical (unpaired) electrons. The van der Waals surface area contributed by atoms with Crippen LogP contribution in [0.25, 0.3) is 0 Å². The summed E-state index contributed by atoms with van der Waals surface area (Å²) in [6, 6.07) is 8.53. The fraction of sp³-hybridized carbons (Fsp3) is 0.316. The molecular weight excluding hydrogens is 334 g/mol. The fourth-order valence-corrected chi connectivity index (χ4v) is 2.31. The van der Waals surface area contributed by atoms with Crippen LogP contribution in [0.4, 0.5) is 0 Å². The molecule has 1 heterocycles. The molecule has 1 aromatic carbocycles. The summed E-state index contributed by atoms with van der Waals surface area (Å²) in [6.07, 6.45) is 1.48. The van der Waals surface area contributed by atoms with Crippen LogP contribution in [0, 0.1) is 6.92 Å². The average molecular weight is 357 g/mol. The molecule has 1 aromatic heterocycles. The Bertz CT molecular complexity index is 871. The smallest absolute Gasteiger partial charge is 0.276 e. The maximum absolute atomic E-state index is 12.0. The number of nitrogens with one attached hydrogen (secondary N) is 2. The maximum atomic E-state index is 12.0. The number of hydrogen-bond donors (Lipinski definition) is 2. The van der Waals surface area contributed by atoms with Gasteiger partial charge in [0.1, 0.15) is 5.75 Å². The summed E-state index contributed by atoms with van der Waals surface area (Å²) in [4.78, 5) is 35.4. The van der Waals surface area contributed by atoms with Crippen LogP contribution in [0.15, 0.2) is 41.3 Å². The summed E-state index contributed by atoms with van der Waals surface area (Å²) >= 11 is 0. The van der Waals surface area contributed by atoms with Crippen molar-refractivity contribution >= 4 is 11.8 Å². The van der Waals surface area contributed by atoms with Crippen molar-refractivity contribution < 1.29 is 14.3 Å². The number of ether oxygens (including phenoxy) is 1. The van der Waals surface area contributed by atoms with Gasteiger partial charge in [0.25, 0.3) is 17.4 Å². The molecule has 0 atom stereocenters. The van der Waals surface area contributed by atoms with Crippen molar-refractivity contribution in [2.24, 2.45) is 7.05 Å². The molecule has 0 unspecified atom stereocenters. The zero-order valence-corrected chi connectivity index (χ0v) is 15.3. The summed E-state index contributed by atoms with van der Waals surface area (Å²) in [5, 5.41) is 0. The predicted octanol–water partition coefficient (Wildman–Crippen LogP) is 1.66. The molecule has 0 saturated heterocycles. The highest BCUT2D eigenvalue weighted by molar-refractivity contribution is 5.95. The third-order valence-corrected chi connectivity index (χ3v) is 3.83. The highest BCUT2D eigenvalue weighted by atomic mass is 16.5. The lowest BCUT2D eigenvalue weighted by Gasteiger charge is -2.15. The van der Waals surface area contributed by atoms with Crippen LogP contribution >= 0.6 is 0 Å². The summed E-state index contributed by atoms with van der Waals surface area (Å²) in [5.74, 6) is -0.171. The molecule has 0 aliphatic rings. The third-order valence-electron chi connectivity index (χ3n) is 3.83. The molecule has 0 bridgehead atoms. The molecule has 0 spiro atoms. The Hall–Kier alpha value is -3.09. The molecule has 2 N–H and O–H groups in total. The number of benzene rings is 1. The Morgan fingerprint density at radius 1 is 1.15 bits per heavy atom. The van der Waals surface area contributed by atoms with Crippen molar-refractivity contribution in [3.63, 3.8) is 0 Å². The van der Waals surface area contributed by atoms with Crippen LogP contribution < -0.4 is 21.1 Å². The lowest BCUT2D eigenvalue weighted by atomic mass is 10.0. The monoisotopic (exact) mass is 357 g/mol. The Labute approximate surface area is 152 Å². The number of hydrazine groups is 1. The van der Waals surface area contributed by atoms with Gasteiger partial charge in [0.15, 0.2) is 6.61 Å². The van der Waals surface area contributed by atoms with Gasteiger partial charge in [0.05, 0.1) is 0 Å². The van der Waals surface area contributed by atoms with Crippen molar-refractivity contribution in [2.45, 2.75) is 26.7 Å². The molecule has 0 saturated carbocycles. The van der Waals surface area contributed by atoms with E-state index in [9.17, 15) is 14.4 Å². The minimum Gasteiger partial charge on any atom is -0.483 e. The second-order valence-corrected chi connectivity index (χ2v) is 6.35. The van der Waals surface area contributed by atoms with E-state index in [1.54, 1.807) is 7.05 Å². The predicted molar refractivity (Wildman–Crippen MR) is 98.1 cm³/mol. The van der Waals surface area contributed by atoms with E-state index in [0.717, 1.165) is 11.1 Å². The number of pyridine rings is 1. The fourth-order valence-electron chi connectivity index (χ4n) is 2.31. The van der Waals surface area contributed by atoms with Gasteiger partial charge in [0.2, 0.25) is 0 Å². The van der Waals surface area contributed by atoms with Crippen LogP contribution in [0.2, 0.25) is 0 Å². The molecule has 2 amide bonds. The zero-order chi connectivity index (χ0) is 19.3. The summed E-state index contributed by atoms with van der Waals surface area (Å²) in [6.45, 7) is 5.80. The first-order valence-electron chi connectivity index (χ1n) is 8.27. The van der Waals surface area contributed by atoms with Crippen molar-refractivity contribution in [3.05, 3.63) is 63.6 Å². The van der Waals surface area contributed by atoms with E-state index in [1.165, 1.54) is 22.9 Å². The highest BCUT2D eigenvalue weighted by Crippen LogP contribution is 2.27. The number of aromatic nitrogens is 1. The summed E-state index contributed by atoms with van der Waals surface area (Å²) < 4.78 is 6.94. The Kier molecular flexibility index (Phi) is 6.16. The SMILES string of the molecule is Cc1ccc(C(C)C)c(OCC(=O)NNC(=O)c2ccn(C)c(=O)c2)c1. The quantitative estimate of drug-likeness (QED) is 0.797. The van der Waals surface area contributed by atoms with Gasteiger partial charge < -0.3 is 9.30 Å². The molecule has 7 nitrogen and oxygen atoms in total. The van der Waals surface area contributed by atoms with Gasteiger partial charge in [-0.05, 0) is 36.1 Å². The summed E-state index contributed by atoms with van der Waals surface area (Å²) in [5.41, 5.74) is 6.43. The molecule has 0 fully saturated rings. The number of carbonyl (C=O) groups excluding carboxylic acids is 2. The molecule has 7 heteroatoms. The first kappa shape index (κ1) is 19.2. The van der Waals surface area contributed by atoms with E-state index in [4.69, 9.17) is 4.74 Å². The topological polar surface area (TPSA) is 89.4 Å². The van der Waals surface area contributed by atoms with Crippen molar-refractivity contribution in [3.8, 4) is 5.75 Å². The lowest BCUT2D eigenvalue weighted by molar-refractivity contribution is -0.123. The Morgan fingerprint density at radius 2 is 1.88 bits per heavy atom. The number of rotatable bonds is 5. The van der Waals surface area contributed by atoms with E-state index >= 15 is 0 Å². The van der Waals surface area contributed by atoms with Gasteiger partial charge in [-0.25, -0.2) is 0 Å². The standard InChI is InChI=1S/C19H23N3O4/c1-12(2)15-6-5-13(3)9-16(15)26-11-17(23)20-21-19(25)14-7-8-22(4)18(24)10-14/h5-10,12H,11H2,1-4H3,(H,20,23)(H,21,25). The third kappa shape index (κ3) is 4.95. The van der Waals surface area contributed by atoms with Crippen molar-refractivity contribution in [2.75, 3.05) is 6.61 Å². The van der Waals surface area contributed by atoms with Gasteiger partial charge >= 0.3 is 0 Å². The minimum absolute atomic E-state index is 0.162. The molecule has 138 valence electrons. The van der Waals surface area contributed by atoms with Gasteiger partial charge in [0, 0.05) is 24.9 Å². The molecule has 0 aliphatic heterocycles. The Balaban J connectivity index is 1.91. The normalized spacial score (nSPS) is 10.5. The first-order chi connectivity index (χ1) is 12.3. The van der Waals surface area contributed by atoms with Crippen LogP contribution in [0.5, 0.6) is 5.75 Å². The van der Waals surface area contributed by atoms with Gasteiger partial charge in [-0.2, -0.15) is 0 Å². The van der Waals surface area contributed by atoms with Crippen LogP contribution in [0.3, 0.4) is 0 Å². The van der Waals surface area contributed by atoms with E-state index in [1.807, 2.05) is 39.0 Å². The highest BCUT2D eigenvalue weighted by Gasteiger charge is 2.12. The number of nitrogens with zero attached hydrogens (tertiary/aromatic N) is 1. The second-order valence-electron chi connectivity index (χ2n) is 6.35. The lowest BCUT2D eigenvalue weighted by Crippen LogP contribution is -2.44. The van der Waals surface area contributed by atoms with Crippen molar-refractivity contribution in [1.82, 2.24) is 15.4 Å². The summed E-state index contributed by atoms with van der Waals surface area (Å²) in [7, 11) is 1.58. The molecule has 2 rings (SSSR count). The van der Waals surface area contributed by atoms with Crippen molar-refractivity contribution in [1.29, 1.82) is 0 Å². The van der Waals surface area contributed by atoms with E-state index in [-0.39, 0.29) is 23.6 Å². The number of aryl methyl sites for hydroxylation is 2. The second kappa shape index (κ2) is 8.33. The number of hydrogen-bond acceptors (Lipinski definition) is 4. The molecule has 2 aromatic rings. The number of carbonyl (C=O) groups is 2. The van der Waals surface area contributed by atoms with Crippen LogP contribution in [-0.4, -0.2) is 23.0 Å². The van der Waals surface area contributed by atoms with E-state index < -0.39 is 11.8 Å². The average Bonchev–Trinajstić information content (AvgIpc) is 2.59. The zero-order valence-electron chi connectivity index (χ0n) is 15.3. The van der Waals surface area contributed by atoms with Gasteiger partial charge in [-0.15, -0.1) is 0 Å². The molecular formula is C19H23N3O4. The Morgan fingerprint density at radius 3 is 2.54 bits per heavy atom. The number of amides is 2. The molecule has 0 aliphatic carbocycles. The minimum atomic E-state index is -0.575. The van der Waals surface area contributed by atoms with Crippen LogP contribution in [0.1, 0.15) is 41.3 Å². The molecule has 26 heavy (non-hydrogen) atoms. The largest absolute Gasteiger partial charge is 0.483 e. The van der Waals surface area contributed by atoms with Gasteiger partial charge in [-0.1, -0.05) is 26.0 Å².